The average Bonchev–Trinajstić information content (AvgIpc) is 1.56. The molecule has 0 amide bonds. The van der Waals surface area contributed by atoms with Crippen molar-refractivity contribution in [1.29, 1.82) is 0 Å². The fourth-order valence-electron chi connectivity index (χ4n) is 19.3. The molecular weight excluding hydrogens is 1570 g/mol. The Kier molecular flexibility index (Phi) is 16.7. The van der Waals surface area contributed by atoms with Crippen LogP contribution in [0.1, 0.15) is 0 Å². The fraction of sp³-hybridized carbons (Fsp3) is 0. The Hall–Kier alpha value is -14.9. The van der Waals surface area contributed by atoms with Crippen LogP contribution in [0.15, 0.2) is 427 Å². The molecule has 9 heteroatoms. The van der Waals surface area contributed by atoms with Gasteiger partial charge in [-0.05, 0) is 118 Å². The third-order valence-corrected chi connectivity index (χ3v) is 29.7. The highest BCUT2D eigenvalue weighted by atomic mass is 32.1. The zero-order chi connectivity index (χ0) is 80.7. The van der Waals surface area contributed by atoms with Gasteiger partial charge in [-0.15, -0.1) is 45.3 Å². The Labute approximate surface area is 722 Å². The summed E-state index contributed by atoms with van der Waals surface area (Å²) in [6.07, 6.45) is 0. The molecule has 0 unspecified atom stereocenters. The van der Waals surface area contributed by atoms with Crippen LogP contribution in [0.4, 0.5) is 0 Å². The normalized spacial score (nSPS) is 11.9. The summed E-state index contributed by atoms with van der Waals surface area (Å²) in [5.41, 5.74) is 25.8. The van der Waals surface area contributed by atoms with E-state index < -0.39 is 0 Å². The van der Waals surface area contributed by atoms with E-state index in [1.54, 1.807) is 0 Å². The van der Waals surface area contributed by atoms with Crippen molar-refractivity contribution in [3.05, 3.63) is 419 Å². The summed E-state index contributed by atoms with van der Waals surface area (Å²) in [4.78, 5) is 3.93. The summed E-state index contributed by atoms with van der Waals surface area (Å²) in [5, 5.41) is 18.9. The summed E-state index contributed by atoms with van der Waals surface area (Å²) in [6, 6.07) is 150. The maximum atomic E-state index is 6.51. The van der Waals surface area contributed by atoms with E-state index in [4.69, 9.17) is 8.83 Å². The second-order valence-electron chi connectivity index (χ2n) is 31.5. The van der Waals surface area contributed by atoms with E-state index >= 15 is 0 Å². The minimum Gasteiger partial charge on any atom is -0.456 e. The number of rotatable bonds is 9. The van der Waals surface area contributed by atoms with E-state index in [1.165, 1.54) is 186 Å². The molecule has 0 N–H and O–H groups in total. The van der Waals surface area contributed by atoms with Crippen molar-refractivity contribution in [2.75, 3.05) is 0 Å². The van der Waals surface area contributed by atoms with Crippen molar-refractivity contribution < 1.29 is 8.83 Å². The van der Waals surface area contributed by atoms with Crippen molar-refractivity contribution in [3.63, 3.8) is 0 Å². The van der Waals surface area contributed by atoms with Gasteiger partial charge in [0.05, 0.1) is 49.2 Å². The van der Waals surface area contributed by atoms with E-state index in [-0.39, 0.29) is 0 Å². The monoisotopic (exact) mass is 1640 g/mol. The third-order valence-electron chi connectivity index (χ3n) is 24.6. The largest absolute Gasteiger partial charge is 0.456 e. The highest BCUT2D eigenvalue weighted by Crippen LogP contribution is 2.55. The molecule has 0 radical (unpaired) electrons. The molecule has 0 aliphatic rings. The molecule has 0 atom stereocenters. The summed E-state index contributed by atoms with van der Waals surface area (Å²) in [6.45, 7) is 0. The van der Waals surface area contributed by atoms with Gasteiger partial charge < -0.3 is 22.5 Å². The topological polar surface area (TPSA) is 41.1 Å². The van der Waals surface area contributed by atoms with Crippen LogP contribution in [0.2, 0.25) is 0 Å². The predicted octanol–water partition coefficient (Wildman–Crippen LogP) is 34.2. The minimum atomic E-state index is 0.913. The molecule has 123 heavy (non-hydrogen) atoms. The molecule has 27 aromatic rings. The third kappa shape index (κ3) is 11.3. The first-order valence-corrected chi connectivity index (χ1v) is 44.9. The number of fused-ring (bicyclic) bond motifs is 24. The molecule has 0 fully saturated rings. The second kappa shape index (κ2) is 28.9. The number of hydrogen-bond donors (Lipinski definition) is 0. The molecule has 9 aromatic heterocycles. The SMILES string of the molecule is c1ccc(-c2sc3c(ccc4c3c3ccccc3n4-c3ccc4oc5ccccc5c4c3)c2-c2ccccc2)cc1.c1ccc(-c2sc3c(ccc4c3c3ccccc3n4-c3cccc4c3oc3ccccc34)c2-c2ccccc2)cc1.c1ccc(-c2sc3c(ccc4c3c3ccccc3n4-c3cccc4c3sc3ccccc34)c2-c2ccccc2)cc1. The Balaban J connectivity index is 0.000000101. The maximum absolute atomic E-state index is 6.51. The van der Waals surface area contributed by atoms with Gasteiger partial charge in [-0.2, -0.15) is 0 Å². The lowest BCUT2D eigenvalue weighted by Crippen LogP contribution is -1.94. The summed E-state index contributed by atoms with van der Waals surface area (Å²) >= 11 is 7.61. The van der Waals surface area contributed by atoms with Crippen LogP contribution in [-0.2, 0) is 0 Å². The first-order chi connectivity index (χ1) is 61.1. The summed E-state index contributed by atoms with van der Waals surface area (Å²) in [7, 11) is 0. The van der Waals surface area contributed by atoms with Crippen LogP contribution in [0, 0.1) is 0 Å². The smallest absolute Gasteiger partial charge is 0.159 e. The number of para-hydroxylation sites is 6. The average molecular weight is 1640 g/mol. The predicted molar refractivity (Wildman–Crippen MR) is 529 cm³/mol. The van der Waals surface area contributed by atoms with Crippen molar-refractivity contribution in [2.24, 2.45) is 0 Å². The molecule has 18 aromatic carbocycles. The Morgan fingerprint density at radius 1 is 0.187 bits per heavy atom. The van der Waals surface area contributed by atoms with E-state index in [9.17, 15) is 0 Å². The van der Waals surface area contributed by atoms with Gasteiger partial charge in [0.2, 0.25) is 0 Å². The zero-order valence-electron chi connectivity index (χ0n) is 66.1. The van der Waals surface area contributed by atoms with Crippen molar-refractivity contribution >= 4 is 205 Å². The van der Waals surface area contributed by atoms with Crippen LogP contribution >= 0.6 is 45.3 Å². The fourth-order valence-corrected chi connectivity index (χ4v) is 24.7. The van der Waals surface area contributed by atoms with Gasteiger partial charge in [0.25, 0.3) is 0 Å². The number of aromatic nitrogens is 3. The van der Waals surface area contributed by atoms with Gasteiger partial charge in [0.15, 0.2) is 5.58 Å². The summed E-state index contributed by atoms with van der Waals surface area (Å²) < 4.78 is 26.6. The van der Waals surface area contributed by atoms with E-state index in [0.717, 1.165) is 55.3 Å². The summed E-state index contributed by atoms with van der Waals surface area (Å²) in [5.74, 6) is 0. The Morgan fingerprint density at radius 3 is 1.00 bits per heavy atom. The van der Waals surface area contributed by atoms with Crippen LogP contribution in [0.5, 0.6) is 0 Å². The van der Waals surface area contributed by atoms with Crippen LogP contribution in [-0.4, -0.2) is 13.7 Å². The lowest BCUT2D eigenvalue weighted by Gasteiger charge is -2.09. The first-order valence-electron chi connectivity index (χ1n) is 41.6. The molecule has 9 heterocycles. The molecule has 0 bridgehead atoms. The minimum absolute atomic E-state index is 0.913. The van der Waals surface area contributed by atoms with Gasteiger partial charge in [-0.3, -0.25) is 0 Å². The van der Waals surface area contributed by atoms with E-state index in [0.29, 0.717) is 0 Å². The van der Waals surface area contributed by atoms with Gasteiger partial charge in [0.1, 0.15) is 16.7 Å². The highest BCUT2D eigenvalue weighted by molar-refractivity contribution is 7.26. The van der Waals surface area contributed by atoms with E-state index in [2.05, 4.69) is 414 Å². The molecule has 5 nitrogen and oxygen atoms in total. The van der Waals surface area contributed by atoms with Gasteiger partial charge in [0, 0.05) is 137 Å². The molecule has 0 saturated heterocycles. The number of benzene rings is 18. The number of furan rings is 2. The van der Waals surface area contributed by atoms with Crippen molar-refractivity contribution in [1.82, 2.24) is 13.7 Å². The van der Waals surface area contributed by atoms with Gasteiger partial charge in [-0.1, -0.05) is 334 Å². The van der Waals surface area contributed by atoms with E-state index in [1.807, 2.05) is 63.5 Å². The lowest BCUT2D eigenvalue weighted by molar-refractivity contribution is 0.666. The van der Waals surface area contributed by atoms with Gasteiger partial charge in [-0.25, -0.2) is 0 Å². The quantitative estimate of drug-likeness (QED) is 0.145. The molecule has 0 saturated carbocycles. The van der Waals surface area contributed by atoms with Crippen LogP contribution in [0.25, 0.3) is 241 Å². The number of thiophene rings is 4. The lowest BCUT2D eigenvalue weighted by atomic mass is 9.98. The first kappa shape index (κ1) is 71.0. The van der Waals surface area contributed by atoms with Crippen LogP contribution < -0.4 is 0 Å². The molecule has 0 aliphatic carbocycles. The second-order valence-corrected chi connectivity index (χ2v) is 35.6. The molecule has 0 aliphatic heterocycles. The molecule has 0 spiro atoms. The van der Waals surface area contributed by atoms with Crippen molar-refractivity contribution in [3.8, 4) is 81.8 Å². The Bertz CT molecular complexity index is 8510. The molecular formula is C114H69N3O2S4. The Morgan fingerprint density at radius 2 is 0.528 bits per heavy atom. The standard InChI is InChI=1S/2C38H23NOS.C38H23NS2/c1-3-12-24(13-4-1)34-29-22-23-31-35(38(29)41-37(34)25-14-5-2-6-15-25)28-17-7-9-19-30(28)39(31)32-20-11-18-27-26-16-8-10-21-33(26)40-36(27)32;1-3-11-24(12-4-1)35-29-20-21-32-36(38(29)41-37(35)25-13-5-2-6-14-25)28-16-7-9-17-31(28)39(32)26-19-22-34-30(23-26)27-15-8-10-18-33(27)40-34;1-3-12-24(13-4-1)34-29-22-23-31-35(38(29)41-36(34)25-14-5-2-6-15-25)28-17-7-9-19-30(28)39(31)32-20-11-18-27-26-16-8-10-21-33(26)40-37(27)32/h3*1-23H. The van der Waals surface area contributed by atoms with Gasteiger partial charge >= 0.3 is 0 Å². The molecule has 27 rings (SSSR count). The maximum Gasteiger partial charge on any atom is 0.159 e. The van der Waals surface area contributed by atoms with Crippen molar-refractivity contribution in [2.45, 2.75) is 0 Å². The molecule has 576 valence electrons. The highest BCUT2D eigenvalue weighted by Gasteiger charge is 2.28. The zero-order valence-corrected chi connectivity index (χ0v) is 69.4. The number of hydrogen-bond acceptors (Lipinski definition) is 6. The van der Waals surface area contributed by atoms with Crippen LogP contribution in [0.3, 0.4) is 0 Å². The number of nitrogens with zero attached hydrogens (tertiary/aromatic N) is 3.